The van der Waals surface area contributed by atoms with Gasteiger partial charge in [-0.15, -0.1) is 0 Å². The van der Waals surface area contributed by atoms with E-state index < -0.39 is 23.9 Å². The SMILES string of the molecule is CCCCOC(=O)C(N)Cc1ccc(OC(=O)CCCN)c(OC(=O)CCCN)c1. The fourth-order valence-corrected chi connectivity index (χ4v) is 2.45. The second kappa shape index (κ2) is 14.5. The molecule has 0 spiro atoms. The smallest absolute Gasteiger partial charge is 0.323 e. The molecule has 0 saturated heterocycles. The lowest BCUT2D eigenvalue weighted by Gasteiger charge is -2.14. The summed E-state index contributed by atoms with van der Waals surface area (Å²) in [6.45, 7) is 3.03. The highest BCUT2D eigenvalue weighted by Gasteiger charge is 2.19. The van der Waals surface area contributed by atoms with Crippen LogP contribution in [0.4, 0.5) is 0 Å². The summed E-state index contributed by atoms with van der Waals surface area (Å²) >= 11 is 0. The molecule has 0 aliphatic heterocycles. The molecule has 0 radical (unpaired) electrons. The van der Waals surface area contributed by atoms with Crippen LogP contribution in [0, 0.1) is 0 Å². The van der Waals surface area contributed by atoms with E-state index >= 15 is 0 Å². The first-order valence-corrected chi connectivity index (χ1v) is 10.3. The zero-order valence-electron chi connectivity index (χ0n) is 17.6. The van der Waals surface area contributed by atoms with Gasteiger partial charge in [0.25, 0.3) is 0 Å². The first kappa shape index (κ1) is 25.5. The average Bonchev–Trinajstić information content (AvgIpc) is 2.72. The fourth-order valence-electron chi connectivity index (χ4n) is 2.45. The van der Waals surface area contributed by atoms with Gasteiger partial charge in [-0.05, 0) is 56.5 Å². The number of hydrogen-bond acceptors (Lipinski definition) is 9. The fraction of sp³-hybridized carbons (Fsp3) is 0.571. The van der Waals surface area contributed by atoms with Crippen molar-refractivity contribution in [2.45, 2.75) is 57.9 Å². The Bertz CT molecular complexity index is 695. The zero-order valence-corrected chi connectivity index (χ0v) is 17.6. The Kier molecular flexibility index (Phi) is 12.3. The van der Waals surface area contributed by atoms with Crippen molar-refractivity contribution in [2.24, 2.45) is 17.2 Å². The molecule has 1 unspecified atom stereocenters. The molecule has 0 aliphatic carbocycles. The van der Waals surface area contributed by atoms with Gasteiger partial charge in [-0.1, -0.05) is 19.4 Å². The van der Waals surface area contributed by atoms with E-state index in [1.165, 1.54) is 12.1 Å². The minimum Gasteiger partial charge on any atom is -0.465 e. The maximum absolute atomic E-state index is 12.0. The maximum Gasteiger partial charge on any atom is 0.323 e. The van der Waals surface area contributed by atoms with Crippen LogP contribution in [0.15, 0.2) is 18.2 Å². The number of nitrogens with two attached hydrogens (primary N) is 3. The van der Waals surface area contributed by atoms with Crippen molar-refractivity contribution in [1.29, 1.82) is 0 Å². The zero-order chi connectivity index (χ0) is 22.4. The molecule has 0 amide bonds. The third kappa shape index (κ3) is 9.82. The summed E-state index contributed by atoms with van der Waals surface area (Å²) in [6.07, 6.45) is 3.09. The molecule has 0 bridgehead atoms. The molecular weight excluding hydrogens is 390 g/mol. The number of carbonyl (C=O) groups excluding carboxylic acids is 3. The summed E-state index contributed by atoms with van der Waals surface area (Å²) in [7, 11) is 0. The van der Waals surface area contributed by atoms with Gasteiger partial charge in [0.1, 0.15) is 6.04 Å². The molecule has 1 rings (SSSR count). The van der Waals surface area contributed by atoms with Gasteiger partial charge in [0, 0.05) is 12.8 Å². The van der Waals surface area contributed by atoms with Gasteiger partial charge in [-0.25, -0.2) is 0 Å². The van der Waals surface area contributed by atoms with E-state index in [0.29, 0.717) is 38.1 Å². The van der Waals surface area contributed by atoms with Crippen molar-refractivity contribution in [2.75, 3.05) is 19.7 Å². The van der Waals surface area contributed by atoms with Crippen LogP contribution < -0.4 is 26.7 Å². The molecule has 9 nitrogen and oxygen atoms in total. The van der Waals surface area contributed by atoms with Gasteiger partial charge in [0.15, 0.2) is 11.5 Å². The van der Waals surface area contributed by atoms with Crippen molar-refractivity contribution >= 4 is 17.9 Å². The number of hydrogen-bond donors (Lipinski definition) is 3. The van der Waals surface area contributed by atoms with E-state index in [9.17, 15) is 14.4 Å². The Morgan fingerprint density at radius 3 is 2.10 bits per heavy atom. The summed E-state index contributed by atoms with van der Waals surface area (Å²) in [4.78, 5) is 36.0. The third-order valence-electron chi connectivity index (χ3n) is 4.13. The molecule has 30 heavy (non-hydrogen) atoms. The third-order valence-corrected chi connectivity index (χ3v) is 4.13. The molecule has 9 heteroatoms. The second-order valence-electron chi connectivity index (χ2n) is 6.85. The van der Waals surface area contributed by atoms with Crippen LogP contribution in [-0.2, 0) is 25.5 Å². The largest absolute Gasteiger partial charge is 0.465 e. The molecule has 1 aromatic carbocycles. The van der Waals surface area contributed by atoms with Gasteiger partial charge in [0.2, 0.25) is 0 Å². The van der Waals surface area contributed by atoms with E-state index in [1.807, 2.05) is 6.92 Å². The van der Waals surface area contributed by atoms with Crippen LogP contribution >= 0.6 is 0 Å². The Hall–Kier alpha value is -2.49. The lowest BCUT2D eigenvalue weighted by Crippen LogP contribution is -2.34. The minimum absolute atomic E-state index is 0.0853. The summed E-state index contributed by atoms with van der Waals surface area (Å²) in [5.41, 5.74) is 17.4. The first-order valence-electron chi connectivity index (χ1n) is 10.3. The quantitative estimate of drug-likeness (QED) is 0.227. The predicted molar refractivity (Wildman–Crippen MR) is 112 cm³/mol. The van der Waals surface area contributed by atoms with E-state index in [-0.39, 0.29) is 30.8 Å². The lowest BCUT2D eigenvalue weighted by molar-refractivity contribution is -0.145. The van der Waals surface area contributed by atoms with Gasteiger partial charge >= 0.3 is 17.9 Å². The standard InChI is InChI=1S/C21H33N3O6/c1-2-3-12-28-21(27)16(24)13-15-8-9-17(29-19(25)6-4-10-22)18(14-15)30-20(26)7-5-11-23/h8-9,14,16H,2-7,10-13,22-24H2,1H3. The van der Waals surface area contributed by atoms with Crippen LogP contribution in [0.3, 0.4) is 0 Å². The van der Waals surface area contributed by atoms with E-state index in [2.05, 4.69) is 0 Å². The van der Waals surface area contributed by atoms with Crippen molar-refractivity contribution in [3.8, 4) is 11.5 Å². The second-order valence-corrected chi connectivity index (χ2v) is 6.85. The van der Waals surface area contributed by atoms with Crippen LogP contribution in [-0.4, -0.2) is 43.6 Å². The summed E-state index contributed by atoms with van der Waals surface area (Å²) < 4.78 is 15.8. The van der Waals surface area contributed by atoms with Gasteiger partial charge in [-0.2, -0.15) is 0 Å². The lowest BCUT2D eigenvalue weighted by atomic mass is 10.1. The monoisotopic (exact) mass is 423 g/mol. The first-order chi connectivity index (χ1) is 14.4. The Labute approximate surface area is 177 Å². The molecule has 0 aromatic heterocycles. The highest BCUT2D eigenvalue weighted by molar-refractivity contribution is 5.77. The number of benzene rings is 1. The molecule has 6 N–H and O–H groups in total. The molecule has 0 aliphatic rings. The summed E-state index contributed by atoms with van der Waals surface area (Å²) in [5.74, 6) is -1.28. The van der Waals surface area contributed by atoms with Crippen LogP contribution in [0.1, 0.15) is 51.0 Å². The predicted octanol–water partition coefficient (Wildman–Crippen LogP) is 1.19. The van der Waals surface area contributed by atoms with Gasteiger partial charge in [0.05, 0.1) is 6.61 Å². The van der Waals surface area contributed by atoms with E-state index in [1.54, 1.807) is 6.07 Å². The number of carbonyl (C=O) groups is 3. The Morgan fingerprint density at radius 2 is 1.53 bits per heavy atom. The summed E-state index contributed by atoms with van der Waals surface area (Å²) in [5, 5.41) is 0. The van der Waals surface area contributed by atoms with Crippen molar-refractivity contribution in [3.63, 3.8) is 0 Å². The average molecular weight is 424 g/mol. The topological polar surface area (TPSA) is 157 Å². The van der Waals surface area contributed by atoms with Gasteiger partial charge < -0.3 is 31.4 Å². The molecule has 0 fully saturated rings. The molecule has 0 heterocycles. The van der Waals surface area contributed by atoms with Crippen LogP contribution in [0.2, 0.25) is 0 Å². The molecule has 1 atom stereocenters. The molecule has 168 valence electrons. The van der Waals surface area contributed by atoms with E-state index in [0.717, 1.165) is 12.8 Å². The minimum atomic E-state index is -0.861. The van der Waals surface area contributed by atoms with Gasteiger partial charge in [-0.3, -0.25) is 14.4 Å². The number of unbranched alkanes of at least 4 members (excludes halogenated alkanes) is 1. The number of esters is 3. The summed E-state index contributed by atoms with van der Waals surface area (Å²) in [6, 6.07) is 3.84. The Balaban J connectivity index is 2.90. The van der Waals surface area contributed by atoms with Crippen molar-refractivity contribution in [3.05, 3.63) is 23.8 Å². The maximum atomic E-state index is 12.0. The number of ether oxygens (including phenoxy) is 3. The van der Waals surface area contributed by atoms with Crippen LogP contribution in [0.25, 0.3) is 0 Å². The van der Waals surface area contributed by atoms with E-state index in [4.69, 9.17) is 31.4 Å². The van der Waals surface area contributed by atoms with Crippen molar-refractivity contribution < 1.29 is 28.6 Å². The van der Waals surface area contributed by atoms with Crippen molar-refractivity contribution in [1.82, 2.24) is 0 Å². The molecular formula is C21H33N3O6. The molecule has 0 saturated carbocycles. The number of rotatable bonds is 14. The normalized spacial score (nSPS) is 11.6. The van der Waals surface area contributed by atoms with Crippen LogP contribution in [0.5, 0.6) is 11.5 Å². The highest BCUT2D eigenvalue weighted by Crippen LogP contribution is 2.30. The molecule has 1 aromatic rings. The Morgan fingerprint density at radius 1 is 0.933 bits per heavy atom. The highest BCUT2D eigenvalue weighted by atomic mass is 16.6.